The first-order valence-electron chi connectivity index (χ1n) is 11.6. The van der Waals surface area contributed by atoms with E-state index >= 15 is 0 Å². The number of aliphatic hydroxyl groups excluding tert-OH is 1. The van der Waals surface area contributed by atoms with Crippen molar-refractivity contribution in [2.45, 2.75) is 44.2 Å². The Bertz CT molecular complexity index is 1220. The molecule has 2 unspecified atom stereocenters. The number of ether oxygens (including phenoxy) is 1. The molecule has 0 bridgehead atoms. The number of aliphatic hydroxyl groups is 1. The molecule has 0 aliphatic carbocycles. The second-order valence-electron chi connectivity index (χ2n) is 8.83. The SMILES string of the molecule is O=C(O)CC(Cn1cc(C=CC(O)c2ccc3c(n2)NCCC3)cn1)c1ccc2c(c1)OCC2. The summed E-state index contributed by atoms with van der Waals surface area (Å²) >= 11 is 0. The molecule has 2 aromatic heterocycles. The van der Waals surface area contributed by atoms with Crippen molar-refractivity contribution < 1.29 is 19.7 Å². The van der Waals surface area contributed by atoms with Crippen molar-refractivity contribution in [1.82, 2.24) is 14.8 Å². The number of nitrogens with zero attached hydrogens (tertiary/aromatic N) is 3. The number of hydrogen-bond acceptors (Lipinski definition) is 6. The second-order valence-corrected chi connectivity index (χ2v) is 8.83. The maximum absolute atomic E-state index is 11.5. The molecule has 5 rings (SSSR count). The fraction of sp³-hybridized carbons (Fsp3) is 0.346. The van der Waals surface area contributed by atoms with E-state index in [-0.39, 0.29) is 12.3 Å². The fourth-order valence-corrected chi connectivity index (χ4v) is 4.54. The molecule has 8 nitrogen and oxygen atoms in total. The van der Waals surface area contributed by atoms with Gasteiger partial charge in [-0.1, -0.05) is 24.3 Å². The molecule has 8 heteroatoms. The van der Waals surface area contributed by atoms with Gasteiger partial charge in [0, 0.05) is 37.2 Å². The third-order valence-corrected chi connectivity index (χ3v) is 6.36. The highest BCUT2D eigenvalue weighted by Crippen LogP contribution is 2.31. The van der Waals surface area contributed by atoms with Crippen LogP contribution in [0, 0.1) is 0 Å². The summed E-state index contributed by atoms with van der Waals surface area (Å²) < 4.78 is 7.40. The quantitative estimate of drug-likeness (QED) is 0.471. The predicted octanol–water partition coefficient (Wildman–Crippen LogP) is 3.58. The highest BCUT2D eigenvalue weighted by atomic mass is 16.5. The van der Waals surface area contributed by atoms with Gasteiger partial charge in [-0.25, -0.2) is 4.98 Å². The van der Waals surface area contributed by atoms with Crippen molar-refractivity contribution in [3.05, 3.63) is 76.7 Å². The normalized spacial score (nSPS) is 16.4. The third-order valence-electron chi connectivity index (χ3n) is 6.36. The number of benzene rings is 1. The van der Waals surface area contributed by atoms with E-state index < -0.39 is 12.1 Å². The lowest BCUT2D eigenvalue weighted by Gasteiger charge is -2.18. The maximum Gasteiger partial charge on any atom is 0.304 e. The monoisotopic (exact) mass is 460 g/mol. The minimum atomic E-state index is -0.853. The smallest absolute Gasteiger partial charge is 0.304 e. The van der Waals surface area contributed by atoms with Crippen molar-refractivity contribution in [1.29, 1.82) is 0 Å². The molecular weight excluding hydrogens is 432 g/mol. The number of pyridine rings is 1. The molecule has 0 amide bonds. The van der Waals surface area contributed by atoms with Gasteiger partial charge in [-0.3, -0.25) is 9.48 Å². The molecule has 0 fully saturated rings. The molecule has 0 radical (unpaired) electrons. The zero-order chi connectivity index (χ0) is 23.5. The zero-order valence-electron chi connectivity index (χ0n) is 18.9. The molecule has 0 saturated carbocycles. The Morgan fingerprint density at radius 2 is 2.12 bits per heavy atom. The number of hydrogen-bond donors (Lipinski definition) is 3. The van der Waals surface area contributed by atoms with E-state index in [1.807, 2.05) is 36.5 Å². The van der Waals surface area contributed by atoms with E-state index in [0.717, 1.165) is 54.1 Å². The van der Waals surface area contributed by atoms with Gasteiger partial charge in [0.25, 0.3) is 0 Å². The molecule has 0 saturated heterocycles. The summed E-state index contributed by atoms with van der Waals surface area (Å²) in [5.41, 5.74) is 4.68. The van der Waals surface area contributed by atoms with Crippen LogP contribution in [0.3, 0.4) is 0 Å². The summed E-state index contributed by atoms with van der Waals surface area (Å²) in [4.78, 5) is 16.1. The number of aliphatic carboxylic acids is 1. The van der Waals surface area contributed by atoms with Crippen LogP contribution in [0.4, 0.5) is 5.82 Å². The van der Waals surface area contributed by atoms with Gasteiger partial charge in [0.05, 0.1) is 24.9 Å². The van der Waals surface area contributed by atoms with Crippen LogP contribution in [0.2, 0.25) is 0 Å². The first-order valence-corrected chi connectivity index (χ1v) is 11.6. The van der Waals surface area contributed by atoms with Gasteiger partial charge in [0.1, 0.15) is 17.7 Å². The zero-order valence-corrected chi connectivity index (χ0v) is 18.9. The van der Waals surface area contributed by atoms with Crippen molar-refractivity contribution in [2.75, 3.05) is 18.5 Å². The van der Waals surface area contributed by atoms with Crippen LogP contribution in [-0.2, 0) is 24.2 Å². The number of carbonyl (C=O) groups is 1. The number of carboxylic acids is 1. The van der Waals surface area contributed by atoms with Crippen molar-refractivity contribution in [2.24, 2.45) is 0 Å². The van der Waals surface area contributed by atoms with Crippen LogP contribution >= 0.6 is 0 Å². The van der Waals surface area contributed by atoms with Crippen LogP contribution in [0.5, 0.6) is 5.75 Å². The highest BCUT2D eigenvalue weighted by Gasteiger charge is 2.20. The average Bonchev–Trinajstić information content (AvgIpc) is 3.50. The van der Waals surface area contributed by atoms with E-state index in [9.17, 15) is 15.0 Å². The largest absolute Gasteiger partial charge is 0.493 e. The van der Waals surface area contributed by atoms with E-state index in [0.29, 0.717) is 18.8 Å². The van der Waals surface area contributed by atoms with Gasteiger partial charge in [-0.15, -0.1) is 0 Å². The number of anilines is 1. The van der Waals surface area contributed by atoms with Crippen molar-refractivity contribution >= 4 is 17.9 Å². The van der Waals surface area contributed by atoms with Gasteiger partial charge in [0.15, 0.2) is 0 Å². The highest BCUT2D eigenvalue weighted by molar-refractivity contribution is 5.68. The van der Waals surface area contributed by atoms with Crippen molar-refractivity contribution in [3.63, 3.8) is 0 Å². The fourth-order valence-electron chi connectivity index (χ4n) is 4.54. The van der Waals surface area contributed by atoms with E-state index in [1.54, 1.807) is 23.0 Å². The van der Waals surface area contributed by atoms with E-state index in [4.69, 9.17) is 4.74 Å². The number of nitrogens with one attached hydrogen (secondary N) is 1. The lowest BCUT2D eigenvalue weighted by atomic mass is 9.94. The third kappa shape index (κ3) is 4.97. The Morgan fingerprint density at radius 1 is 1.24 bits per heavy atom. The number of aryl methyl sites for hydroxylation is 1. The number of carboxylic acid groups (broad SMARTS) is 1. The van der Waals surface area contributed by atoms with Gasteiger partial charge in [0.2, 0.25) is 0 Å². The molecular formula is C26H28N4O4. The molecule has 0 spiro atoms. The van der Waals surface area contributed by atoms with Crippen LogP contribution in [0.15, 0.2) is 48.8 Å². The summed E-state index contributed by atoms with van der Waals surface area (Å²) in [6, 6.07) is 9.85. The Hall–Kier alpha value is -3.65. The lowest BCUT2D eigenvalue weighted by molar-refractivity contribution is -0.137. The molecule has 3 aromatic rings. The van der Waals surface area contributed by atoms with Crippen molar-refractivity contribution in [3.8, 4) is 5.75 Å². The summed E-state index contributed by atoms with van der Waals surface area (Å²) in [7, 11) is 0. The summed E-state index contributed by atoms with van der Waals surface area (Å²) in [5, 5.41) is 27.7. The van der Waals surface area contributed by atoms with Crippen LogP contribution in [0.1, 0.15) is 52.8 Å². The first kappa shape index (κ1) is 22.2. The number of rotatable bonds is 8. The average molecular weight is 461 g/mol. The second kappa shape index (κ2) is 9.69. The molecule has 1 aromatic carbocycles. The minimum absolute atomic E-state index is 0.000562. The van der Waals surface area contributed by atoms with Gasteiger partial charge >= 0.3 is 5.97 Å². The Kier molecular flexibility index (Phi) is 6.31. The minimum Gasteiger partial charge on any atom is -0.493 e. The predicted molar refractivity (Wildman–Crippen MR) is 128 cm³/mol. The summed E-state index contributed by atoms with van der Waals surface area (Å²) in [5.74, 6) is 0.609. The summed E-state index contributed by atoms with van der Waals surface area (Å²) in [6.45, 7) is 2.00. The molecule has 2 aliphatic rings. The molecule has 4 heterocycles. The molecule has 2 aliphatic heterocycles. The first-order chi connectivity index (χ1) is 16.5. The van der Waals surface area contributed by atoms with E-state index in [1.165, 1.54) is 5.56 Å². The van der Waals surface area contributed by atoms with E-state index in [2.05, 4.69) is 15.4 Å². The van der Waals surface area contributed by atoms with Gasteiger partial charge < -0.3 is 20.3 Å². The van der Waals surface area contributed by atoms with Crippen LogP contribution in [0.25, 0.3) is 6.08 Å². The Morgan fingerprint density at radius 3 is 3.00 bits per heavy atom. The van der Waals surface area contributed by atoms with Gasteiger partial charge in [-0.2, -0.15) is 5.10 Å². The van der Waals surface area contributed by atoms with Crippen LogP contribution < -0.4 is 10.1 Å². The number of aromatic nitrogens is 3. The topological polar surface area (TPSA) is 110 Å². The van der Waals surface area contributed by atoms with Gasteiger partial charge in [-0.05, 0) is 47.7 Å². The lowest BCUT2D eigenvalue weighted by Crippen LogP contribution is -2.14. The standard InChI is InChI=1S/C26H28N4O4/c31-23(22-7-6-19-2-1-10-27-26(19)29-22)8-3-17-14-28-30(15-17)16-21(13-25(32)33)20-5-4-18-9-11-34-24(18)12-20/h3-8,12,14-15,21,23,31H,1-2,9-11,13,16H2,(H,27,29)(H,32,33). The molecule has 3 N–H and O–H groups in total. The maximum atomic E-state index is 11.5. The number of fused-ring (bicyclic) bond motifs is 2. The molecule has 34 heavy (non-hydrogen) atoms. The Labute approximate surface area is 197 Å². The Balaban J connectivity index is 1.27. The van der Waals surface area contributed by atoms with Crippen LogP contribution in [-0.4, -0.2) is 44.1 Å². The molecule has 2 atom stereocenters. The molecule has 176 valence electrons. The summed E-state index contributed by atoms with van der Waals surface area (Å²) in [6.07, 6.45) is 9.19.